The zero-order valence-electron chi connectivity index (χ0n) is 17.8. The van der Waals surface area contributed by atoms with E-state index >= 15 is 0 Å². The predicted molar refractivity (Wildman–Crippen MR) is 134 cm³/mol. The highest BCUT2D eigenvalue weighted by atomic mass is 35.5. The summed E-state index contributed by atoms with van der Waals surface area (Å²) in [5, 5.41) is 20.3. The number of hydrogen-bond acceptors (Lipinski definition) is 7. The molecule has 10 heteroatoms. The summed E-state index contributed by atoms with van der Waals surface area (Å²) in [5.41, 5.74) is 5.46. The van der Waals surface area contributed by atoms with Gasteiger partial charge in [0.2, 0.25) is 0 Å². The van der Waals surface area contributed by atoms with Crippen LogP contribution in [0.1, 0.15) is 18.7 Å². The van der Waals surface area contributed by atoms with Gasteiger partial charge >= 0.3 is 0 Å². The number of anilines is 2. The maximum atomic E-state index is 6.29. The molecule has 1 aliphatic heterocycles. The first-order chi connectivity index (χ1) is 16.2. The summed E-state index contributed by atoms with van der Waals surface area (Å²) in [5.74, 6) is 1.64. The van der Waals surface area contributed by atoms with E-state index < -0.39 is 0 Å². The molecule has 33 heavy (non-hydrogen) atoms. The van der Waals surface area contributed by atoms with Crippen LogP contribution in [0.15, 0.2) is 47.3 Å². The zero-order valence-corrected chi connectivity index (χ0v) is 19.4. The number of benzene rings is 1. The number of halogens is 1. The summed E-state index contributed by atoms with van der Waals surface area (Å²) in [6, 6.07) is 10.3. The van der Waals surface area contributed by atoms with Gasteiger partial charge in [0.15, 0.2) is 5.65 Å². The van der Waals surface area contributed by atoms with E-state index in [0.717, 1.165) is 71.2 Å². The SMILES string of the molecule is Clc1cccc2[nH]c(CNc3cc(NC4CCNCC4)nn4c(-c5ccsc5)cnc34)nc12. The van der Waals surface area contributed by atoms with Crippen LogP contribution in [0, 0.1) is 0 Å². The van der Waals surface area contributed by atoms with Crippen LogP contribution in [-0.2, 0) is 6.54 Å². The first-order valence-electron chi connectivity index (χ1n) is 11.0. The van der Waals surface area contributed by atoms with Crippen molar-refractivity contribution in [1.82, 2.24) is 29.9 Å². The second-order valence-corrected chi connectivity index (χ2v) is 9.36. The number of rotatable bonds is 6. The minimum atomic E-state index is 0.398. The maximum Gasteiger partial charge on any atom is 0.177 e. The van der Waals surface area contributed by atoms with Crippen molar-refractivity contribution >= 4 is 51.1 Å². The first-order valence-corrected chi connectivity index (χ1v) is 12.3. The molecule has 8 nitrogen and oxygen atoms in total. The van der Waals surface area contributed by atoms with Crippen LogP contribution in [0.2, 0.25) is 5.02 Å². The normalized spacial score (nSPS) is 14.8. The van der Waals surface area contributed by atoms with E-state index in [-0.39, 0.29) is 0 Å². The molecule has 0 unspecified atom stereocenters. The molecule has 4 N–H and O–H groups in total. The maximum absolute atomic E-state index is 6.29. The molecule has 0 radical (unpaired) electrons. The third-order valence-corrected chi connectivity index (χ3v) is 6.92. The fourth-order valence-corrected chi connectivity index (χ4v) is 5.13. The number of imidazole rings is 2. The standard InChI is InChI=1S/C23H23ClN8S/c24-16-2-1-3-17-22(16)30-21(29-17)12-26-18-10-20(28-15-4-7-25-8-5-15)31-32-19(11-27-23(18)32)14-6-9-33-13-14/h1-3,6,9-11,13,15,25-26H,4-5,7-8,12H2,(H,28,31)(H,29,30). The first kappa shape index (κ1) is 20.5. The van der Waals surface area contributed by atoms with Crippen molar-refractivity contribution in [3.8, 4) is 11.3 Å². The number of para-hydroxylation sites is 1. The molecule has 5 heterocycles. The summed E-state index contributed by atoms with van der Waals surface area (Å²) in [4.78, 5) is 12.7. The lowest BCUT2D eigenvalue weighted by Crippen LogP contribution is -2.35. The lowest BCUT2D eigenvalue weighted by atomic mass is 10.1. The summed E-state index contributed by atoms with van der Waals surface area (Å²) >= 11 is 7.96. The lowest BCUT2D eigenvalue weighted by Gasteiger charge is -2.24. The molecule has 4 aromatic heterocycles. The molecule has 0 saturated carbocycles. The molecule has 1 aliphatic rings. The number of nitrogens with one attached hydrogen (secondary N) is 4. The Balaban J connectivity index is 1.35. The average molecular weight is 479 g/mol. The average Bonchev–Trinajstić information content (AvgIpc) is 3.58. The Morgan fingerprint density at radius 3 is 2.94 bits per heavy atom. The van der Waals surface area contributed by atoms with E-state index in [4.69, 9.17) is 16.7 Å². The van der Waals surface area contributed by atoms with Gasteiger partial charge in [0, 0.05) is 23.1 Å². The lowest BCUT2D eigenvalue weighted by molar-refractivity contribution is 0.477. The molecule has 1 saturated heterocycles. The van der Waals surface area contributed by atoms with Crippen LogP contribution in [0.5, 0.6) is 0 Å². The van der Waals surface area contributed by atoms with Gasteiger partial charge in [0.05, 0.1) is 34.7 Å². The van der Waals surface area contributed by atoms with E-state index in [1.54, 1.807) is 11.3 Å². The van der Waals surface area contributed by atoms with Gasteiger partial charge in [-0.15, -0.1) is 5.10 Å². The van der Waals surface area contributed by atoms with Gasteiger partial charge in [-0.25, -0.2) is 14.5 Å². The van der Waals surface area contributed by atoms with Gasteiger partial charge in [-0.05, 0) is 49.5 Å². The third-order valence-electron chi connectivity index (χ3n) is 5.93. The third kappa shape index (κ3) is 4.03. The molecule has 0 bridgehead atoms. The molecular weight excluding hydrogens is 456 g/mol. The minimum Gasteiger partial charge on any atom is -0.375 e. The summed E-state index contributed by atoms with van der Waals surface area (Å²) in [7, 11) is 0. The smallest absolute Gasteiger partial charge is 0.177 e. The van der Waals surface area contributed by atoms with Crippen LogP contribution in [-0.4, -0.2) is 43.7 Å². The minimum absolute atomic E-state index is 0.398. The van der Waals surface area contributed by atoms with Crippen molar-refractivity contribution in [3.05, 3.63) is 58.1 Å². The van der Waals surface area contributed by atoms with Crippen molar-refractivity contribution in [1.29, 1.82) is 0 Å². The van der Waals surface area contributed by atoms with Gasteiger partial charge in [-0.2, -0.15) is 11.3 Å². The molecule has 5 aromatic rings. The molecule has 0 spiro atoms. The quantitative estimate of drug-likeness (QED) is 0.281. The van der Waals surface area contributed by atoms with E-state index in [1.807, 2.05) is 35.0 Å². The molecular formula is C23H23ClN8S. The Bertz CT molecular complexity index is 1400. The molecule has 0 aliphatic carbocycles. The zero-order chi connectivity index (χ0) is 22.2. The van der Waals surface area contributed by atoms with Crippen molar-refractivity contribution in [2.75, 3.05) is 23.7 Å². The topological polar surface area (TPSA) is 95.0 Å². The van der Waals surface area contributed by atoms with Crippen molar-refractivity contribution < 1.29 is 0 Å². The summed E-state index contributed by atoms with van der Waals surface area (Å²) < 4.78 is 1.92. The van der Waals surface area contributed by atoms with Crippen molar-refractivity contribution in [3.63, 3.8) is 0 Å². The number of aromatic nitrogens is 5. The Kier molecular flexibility index (Phi) is 5.37. The monoisotopic (exact) mass is 478 g/mol. The Hall–Kier alpha value is -3.14. The fraction of sp³-hybridized carbons (Fsp3) is 0.261. The Morgan fingerprint density at radius 2 is 2.12 bits per heavy atom. The summed E-state index contributed by atoms with van der Waals surface area (Å²) in [6.45, 7) is 2.55. The van der Waals surface area contributed by atoms with E-state index in [9.17, 15) is 0 Å². The second kappa shape index (κ2) is 8.66. The number of aromatic amines is 1. The molecule has 0 amide bonds. The van der Waals surface area contributed by atoms with Crippen LogP contribution in [0.3, 0.4) is 0 Å². The van der Waals surface area contributed by atoms with Crippen LogP contribution in [0.4, 0.5) is 11.5 Å². The van der Waals surface area contributed by atoms with Crippen molar-refractivity contribution in [2.45, 2.75) is 25.4 Å². The second-order valence-electron chi connectivity index (χ2n) is 8.18. The van der Waals surface area contributed by atoms with Crippen LogP contribution in [0.25, 0.3) is 27.9 Å². The molecule has 6 rings (SSSR count). The Morgan fingerprint density at radius 1 is 1.21 bits per heavy atom. The summed E-state index contributed by atoms with van der Waals surface area (Å²) in [6.07, 6.45) is 4.03. The number of thiophene rings is 1. The van der Waals surface area contributed by atoms with E-state index in [1.165, 1.54) is 0 Å². The van der Waals surface area contributed by atoms with Gasteiger partial charge in [-0.3, -0.25) is 0 Å². The van der Waals surface area contributed by atoms with Gasteiger partial charge in [-0.1, -0.05) is 17.7 Å². The van der Waals surface area contributed by atoms with Gasteiger partial charge < -0.3 is 20.9 Å². The Labute approximate surface area is 199 Å². The number of nitrogens with zero attached hydrogens (tertiary/aromatic N) is 4. The van der Waals surface area contributed by atoms with Crippen molar-refractivity contribution in [2.24, 2.45) is 0 Å². The van der Waals surface area contributed by atoms with E-state index in [0.29, 0.717) is 17.6 Å². The fourth-order valence-electron chi connectivity index (χ4n) is 4.26. The van der Waals surface area contributed by atoms with E-state index in [2.05, 4.69) is 47.7 Å². The highest BCUT2D eigenvalue weighted by Gasteiger charge is 2.17. The molecule has 168 valence electrons. The van der Waals surface area contributed by atoms with Crippen LogP contribution < -0.4 is 16.0 Å². The largest absolute Gasteiger partial charge is 0.375 e. The van der Waals surface area contributed by atoms with Gasteiger partial charge in [0.1, 0.15) is 17.2 Å². The number of H-pyrrole nitrogens is 1. The van der Waals surface area contributed by atoms with Gasteiger partial charge in [0.25, 0.3) is 0 Å². The molecule has 1 aromatic carbocycles. The predicted octanol–water partition coefficient (Wildman–Crippen LogP) is 4.76. The molecule has 0 atom stereocenters. The highest BCUT2D eigenvalue weighted by molar-refractivity contribution is 7.08. The number of hydrogen-bond donors (Lipinski definition) is 4. The highest BCUT2D eigenvalue weighted by Crippen LogP contribution is 2.28. The number of piperidine rings is 1. The molecule has 1 fully saturated rings. The van der Waals surface area contributed by atoms with Crippen LogP contribution >= 0.6 is 22.9 Å². The number of fused-ring (bicyclic) bond motifs is 2.